The Labute approximate surface area is 334 Å². The molecule has 4 amide bonds. The standard InChI is InChI=1S/2C19H26N4O4S/c2*1-19(25)5-7-23(8-6-19)18(24)21-17-20-15-14(26-2)4-3-13(16(15)28-17)22-9-11-27-12-10-22/h2*3-4,25H,5-12H2,1-2H3,(H,20,21,24). The summed E-state index contributed by atoms with van der Waals surface area (Å²) < 4.78 is 23.9. The molecule has 0 unspecified atom stereocenters. The Morgan fingerprint density at radius 3 is 1.34 bits per heavy atom. The zero-order valence-corrected chi connectivity index (χ0v) is 34.1. The highest BCUT2D eigenvalue weighted by atomic mass is 32.1. The molecule has 2 aromatic carbocycles. The molecule has 0 bridgehead atoms. The van der Waals surface area contributed by atoms with Crippen molar-refractivity contribution in [3.8, 4) is 11.5 Å². The van der Waals surface area contributed by atoms with Crippen molar-refractivity contribution in [3.05, 3.63) is 24.3 Å². The predicted molar refractivity (Wildman–Crippen MR) is 219 cm³/mol. The fraction of sp³-hybridized carbons (Fsp3) is 0.579. The smallest absolute Gasteiger partial charge is 0.323 e. The molecule has 16 nitrogen and oxygen atoms in total. The summed E-state index contributed by atoms with van der Waals surface area (Å²) in [6, 6.07) is 7.57. The van der Waals surface area contributed by atoms with Gasteiger partial charge < -0.3 is 48.8 Å². The van der Waals surface area contributed by atoms with Crippen molar-refractivity contribution in [2.75, 3.05) is 113 Å². The van der Waals surface area contributed by atoms with E-state index in [0.29, 0.717) is 100 Å². The third-order valence-electron chi connectivity index (χ3n) is 10.8. The number of methoxy groups -OCH3 is 2. The molecule has 6 heterocycles. The van der Waals surface area contributed by atoms with Crippen LogP contribution in [0.25, 0.3) is 20.4 Å². The van der Waals surface area contributed by atoms with Crippen LogP contribution in [-0.2, 0) is 9.47 Å². The number of rotatable bonds is 6. The summed E-state index contributed by atoms with van der Waals surface area (Å²) in [4.78, 5) is 42.5. The number of benzene rings is 2. The summed E-state index contributed by atoms with van der Waals surface area (Å²) in [5.74, 6) is 1.38. The number of hydrogen-bond donors (Lipinski definition) is 4. The van der Waals surface area contributed by atoms with Crippen molar-refractivity contribution in [3.63, 3.8) is 0 Å². The number of nitrogens with zero attached hydrogens (tertiary/aromatic N) is 6. The maximum Gasteiger partial charge on any atom is 0.323 e. The van der Waals surface area contributed by atoms with Crippen molar-refractivity contribution in [2.24, 2.45) is 0 Å². The fourth-order valence-electron chi connectivity index (χ4n) is 7.21. The zero-order chi connectivity index (χ0) is 39.5. The van der Waals surface area contributed by atoms with Crippen LogP contribution in [0, 0.1) is 0 Å². The Bertz CT molecular complexity index is 1850. The van der Waals surface area contributed by atoms with Gasteiger partial charge in [-0.05, 0) is 63.8 Å². The second-order valence-corrected chi connectivity index (χ2v) is 17.0. The molecule has 18 heteroatoms. The minimum Gasteiger partial charge on any atom is -0.494 e. The summed E-state index contributed by atoms with van der Waals surface area (Å²) in [5, 5.41) is 27.1. The molecule has 4 aliphatic rings. The first kappa shape index (κ1) is 40.0. The molecule has 0 aliphatic carbocycles. The highest BCUT2D eigenvalue weighted by molar-refractivity contribution is 7.23. The van der Waals surface area contributed by atoms with E-state index < -0.39 is 11.2 Å². The van der Waals surface area contributed by atoms with Gasteiger partial charge in [-0.1, -0.05) is 22.7 Å². The van der Waals surface area contributed by atoms with Gasteiger partial charge in [-0.2, -0.15) is 0 Å². The number of morpholine rings is 2. The monoisotopic (exact) mass is 812 g/mol. The first-order chi connectivity index (χ1) is 26.9. The molecule has 4 fully saturated rings. The van der Waals surface area contributed by atoms with E-state index in [0.717, 1.165) is 58.0 Å². The molecule has 4 aromatic rings. The lowest BCUT2D eigenvalue weighted by Crippen LogP contribution is -2.46. The van der Waals surface area contributed by atoms with E-state index in [4.69, 9.17) is 18.9 Å². The van der Waals surface area contributed by atoms with Crippen LogP contribution in [0.3, 0.4) is 0 Å². The summed E-state index contributed by atoms with van der Waals surface area (Å²) in [5.41, 5.74) is 2.32. The number of carbonyl (C=O) groups is 2. The zero-order valence-electron chi connectivity index (χ0n) is 32.5. The van der Waals surface area contributed by atoms with Crippen LogP contribution in [0.1, 0.15) is 39.5 Å². The summed E-state index contributed by atoms with van der Waals surface area (Å²) in [7, 11) is 3.25. The molecule has 0 spiro atoms. The molecule has 4 aliphatic heterocycles. The quantitative estimate of drug-likeness (QED) is 0.205. The van der Waals surface area contributed by atoms with Crippen LogP contribution < -0.4 is 29.9 Å². The Hall–Kier alpha value is -4.20. The largest absolute Gasteiger partial charge is 0.494 e. The number of ether oxygens (including phenoxy) is 4. The normalized spacial score (nSPS) is 19.7. The minimum absolute atomic E-state index is 0.179. The van der Waals surface area contributed by atoms with E-state index in [1.807, 2.05) is 38.1 Å². The third-order valence-corrected chi connectivity index (χ3v) is 12.8. The number of likely N-dealkylation sites (tertiary alicyclic amines) is 2. The number of fused-ring (bicyclic) bond motifs is 2. The van der Waals surface area contributed by atoms with Gasteiger partial charge in [-0.25, -0.2) is 19.6 Å². The molecule has 4 saturated heterocycles. The van der Waals surface area contributed by atoms with Crippen molar-refractivity contribution < 1.29 is 38.7 Å². The van der Waals surface area contributed by atoms with Gasteiger partial charge >= 0.3 is 12.1 Å². The van der Waals surface area contributed by atoms with Crippen LogP contribution in [0.4, 0.5) is 31.2 Å². The molecule has 304 valence electrons. The first-order valence-electron chi connectivity index (χ1n) is 19.1. The van der Waals surface area contributed by atoms with Crippen molar-refractivity contribution in [1.29, 1.82) is 0 Å². The number of hydrogen-bond acceptors (Lipinski definition) is 14. The van der Waals surface area contributed by atoms with Crippen LogP contribution in [0.5, 0.6) is 11.5 Å². The van der Waals surface area contributed by atoms with Gasteiger partial charge in [0, 0.05) is 52.4 Å². The number of aromatic nitrogens is 2. The van der Waals surface area contributed by atoms with Gasteiger partial charge in [-0.3, -0.25) is 10.6 Å². The number of aliphatic hydroxyl groups is 2. The number of anilines is 4. The highest BCUT2D eigenvalue weighted by Crippen LogP contribution is 2.41. The fourth-order valence-corrected chi connectivity index (χ4v) is 9.23. The van der Waals surface area contributed by atoms with E-state index in [-0.39, 0.29) is 12.1 Å². The minimum atomic E-state index is -0.687. The molecule has 4 N–H and O–H groups in total. The van der Waals surface area contributed by atoms with Gasteiger partial charge in [0.05, 0.1) is 72.6 Å². The molecule has 0 saturated carbocycles. The molecule has 0 atom stereocenters. The number of urea groups is 2. The number of thiazole rings is 2. The second-order valence-electron chi connectivity index (χ2n) is 15.0. The average molecular weight is 813 g/mol. The van der Waals surface area contributed by atoms with E-state index in [1.54, 1.807) is 24.0 Å². The van der Waals surface area contributed by atoms with E-state index in [2.05, 4.69) is 30.4 Å². The van der Waals surface area contributed by atoms with E-state index in [9.17, 15) is 19.8 Å². The Morgan fingerprint density at radius 2 is 1.00 bits per heavy atom. The lowest BCUT2D eigenvalue weighted by atomic mass is 9.94. The maximum absolute atomic E-state index is 12.6. The maximum atomic E-state index is 12.6. The Balaban J connectivity index is 0.000000172. The van der Waals surface area contributed by atoms with Gasteiger partial charge in [-0.15, -0.1) is 0 Å². The number of amides is 4. The SMILES string of the molecule is COc1ccc(N2CCOCC2)c2sc(NC(=O)N3CCC(C)(O)CC3)nc12.COc1ccc(N2CCOCC2)c2sc(NC(=O)N3CCC(C)(O)CC3)nc12. The van der Waals surface area contributed by atoms with Gasteiger partial charge in [0.15, 0.2) is 10.3 Å². The van der Waals surface area contributed by atoms with Crippen LogP contribution in [-0.4, -0.2) is 146 Å². The van der Waals surface area contributed by atoms with Crippen LogP contribution in [0.2, 0.25) is 0 Å². The van der Waals surface area contributed by atoms with Crippen molar-refractivity contribution in [2.45, 2.75) is 50.7 Å². The van der Waals surface area contributed by atoms with Gasteiger partial charge in [0.25, 0.3) is 0 Å². The highest BCUT2D eigenvalue weighted by Gasteiger charge is 2.32. The Kier molecular flexibility index (Phi) is 12.2. The average Bonchev–Trinajstić information content (AvgIpc) is 3.82. The van der Waals surface area contributed by atoms with Crippen LogP contribution >= 0.6 is 22.7 Å². The first-order valence-corrected chi connectivity index (χ1v) is 20.7. The molecule has 56 heavy (non-hydrogen) atoms. The molecular weight excluding hydrogens is 761 g/mol. The summed E-state index contributed by atoms with van der Waals surface area (Å²) in [6.07, 6.45) is 2.31. The van der Waals surface area contributed by atoms with Crippen LogP contribution in [0.15, 0.2) is 24.3 Å². The molecule has 2 aromatic heterocycles. The topological polar surface area (TPSA) is 174 Å². The van der Waals surface area contributed by atoms with Crippen molar-refractivity contribution in [1.82, 2.24) is 19.8 Å². The molecule has 0 radical (unpaired) electrons. The lowest BCUT2D eigenvalue weighted by Gasteiger charge is -2.35. The number of piperidine rings is 2. The summed E-state index contributed by atoms with van der Waals surface area (Å²) in [6.45, 7) is 11.9. The van der Waals surface area contributed by atoms with E-state index >= 15 is 0 Å². The Morgan fingerprint density at radius 1 is 0.643 bits per heavy atom. The van der Waals surface area contributed by atoms with Gasteiger partial charge in [0.2, 0.25) is 0 Å². The predicted octanol–water partition coefficient (Wildman–Crippen LogP) is 5.04. The lowest BCUT2D eigenvalue weighted by molar-refractivity contribution is 0.00502. The summed E-state index contributed by atoms with van der Waals surface area (Å²) >= 11 is 2.92. The number of nitrogens with one attached hydrogen (secondary N) is 2. The molecule has 8 rings (SSSR count). The third kappa shape index (κ3) is 9.16. The van der Waals surface area contributed by atoms with Gasteiger partial charge in [0.1, 0.15) is 22.5 Å². The van der Waals surface area contributed by atoms with Crippen molar-refractivity contribution >= 4 is 76.8 Å². The van der Waals surface area contributed by atoms with E-state index in [1.165, 1.54) is 22.7 Å². The second kappa shape index (κ2) is 17.1. The molecular formula is C38H52N8O8S2. The number of carbonyl (C=O) groups excluding carboxylic acids is 2.